The molecule has 3 heterocycles. The summed E-state index contributed by atoms with van der Waals surface area (Å²) in [5.74, 6) is 1.17. The number of aromatic nitrogens is 3. The van der Waals surface area contributed by atoms with E-state index < -0.39 is 0 Å². The maximum Gasteiger partial charge on any atom is 0.208 e. The van der Waals surface area contributed by atoms with Crippen LogP contribution in [0.25, 0.3) is 16.8 Å². The molecule has 5 rings (SSSR count). The number of anilines is 1. The van der Waals surface area contributed by atoms with Gasteiger partial charge in [0.1, 0.15) is 17.2 Å². The molecule has 0 radical (unpaired) electrons. The summed E-state index contributed by atoms with van der Waals surface area (Å²) in [4.78, 5) is 11.4. The van der Waals surface area contributed by atoms with E-state index in [-0.39, 0.29) is 5.82 Å². The van der Waals surface area contributed by atoms with Gasteiger partial charge in [-0.1, -0.05) is 18.2 Å². The summed E-state index contributed by atoms with van der Waals surface area (Å²) in [5.41, 5.74) is 6.90. The molecule has 2 aromatic carbocycles. The molecular formula is C25H26FN5O. The number of hydrogen-bond donors (Lipinski definition) is 1. The third-order valence-corrected chi connectivity index (χ3v) is 5.87. The Kier molecular flexibility index (Phi) is 5.27. The molecule has 0 unspecified atom stereocenters. The largest absolute Gasteiger partial charge is 0.493 e. The van der Waals surface area contributed by atoms with E-state index in [0.29, 0.717) is 24.7 Å². The number of fused-ring (bicyclic) bond motifs is 2. The highest BCUT2D eigenvalue weighted by atomic mass is 19.1. The molecule has 0 amide bonds. The van der Waals surface area contributed by atoms with E-state index in [0.717, 1.165) is 41.1 Å². The van der Waals surface area contributed by atoms with Gasteiger partial charge in [-0.05, 0) is 49.8 Å². The molecule has 1 aliphatic heterocycles. The number of hydrogen-bond acceptors (Lipinski definition) is 5. The molecule has 0 atom stereocenters. The normalized spacial score (nSPS) is 12.9. The van der Waals surface area contributed by atoms with Crippen LogP contribution in [-0.4, -0.2) is 40.0 Å². The summed E-state index contributed by atoms with van der Waals surface area (Å²) >= 11 is 0. The Morgan fingerprint density at radius 3 is 2.84 bits per heavy atom. The molecule has 0 aliphatic carbocycles. The average Bonchev–Trinajstić information content (AvgIpc) is 3.43. The molecule has 32 heavy (non-hydrogen) atoms. The first-order valence-corrected chi connectivity index (χ1v) is 10.7. The Balaban J connectivity index is 1.46. The zero-order valence-corrected chi connectivity index (χ0v) is 18.5. The van der Waals surface area contributed by atoms with Crippen LogP contribution >= 0.6 is 0 Å². The summed E-state index contributed by atoms with van der Waals surface area (Å²) in [6.45, 7) is 3.93. The van der Waals surface area contributed by atoms with E-state index in [4.69, 9.17) is 4.74 Å². The zero-order chi connectivity index (χ0) is 22.2. The lowest BCUT2D eigenvalue weighted by Crippen LogP contribution is -2.11. The van der Waals surface area contributed by atoms with Crippen molar-refractivity contribution in [1.82, 2.24) is 19.3 Å². The van der Waals surface area contributed by atoms with Crippen molar-refractivity contribution in [3.8, 4) is 16.9 Å². The third-order valence-electron chi connectivity index (χ3n) is 5.87. The SMILES string of the molecule is Cc1cc(CN(C)C)ccc1-c1cnc(NCc2c(F)ccc3c2CCO3)n2ccnc12. The van der Waals surface area contributed by atoms with Crippen LogP contribution in [0, 0.1) is 12.7 Å². The first-order valence-electron chi connectivity index (χ1n) is 10.7. The van der Waals surface area contributed by atoms with Crippen molar-refractivity contribution in [3.05, 3.63) is 77.0 Å². The van der Waals surface area contributed by atoms with Crippen LogP contribution in [0.2, 0.25) is 0 Å². The lowest BCUT2D eigenvalue weighted by atomic mass is 10.00. The van der Waals surface area contributed by atoms with E-state index in [1.165, 1.54) is 17.2 Å². The molecule has 164 valence electrons. The van der Waals surface area contributed by atoms with Gasteiger partial charge in [-0.25, -0.2) is 14.4 Å². The van der Waals surface area contributed by atoms with E-state index in [9.17, 15) is 4.39 Å². The first kappa shape index (κ1) is 20.5. The summed E-state index contributed by atoms with van der Waals surface area (Å²) < 4.78 is 22.0. The summed E-state index contributed by atoms with van der Waals surface area (Å²) in [7, 11) is 4.13. The number of benzene rings is 2. The van der Waals surface area contributed by atoms with E-state index >= 15 is 0 Å². The van der Waals surface area contributed by atoms with Gasteiger partial charge in [0.25, 0.3) is 0 Å². The van der Waals surface area contributed by atoms with Crippen LogP contribution < -0.4 is 10.1 Å². The molecule has 6 nitrogen and oxygen atoms in total. The molecule has 4 aromatic rings. The molecule has 1 N–H and O–H groups in total. The molecule has 0 saturated carbocycles. The van der Waals surface area contributed by atoms with Crippen molar-refractivity contribution >= 4 is 11.6 Å². The van der Waals surface area contributed by atoms with Gasteiger partial charge in [-0.3, -0.25) is 4.40 Å². The van der Waals surface area contributed by atoms with Crippen LogP contribution in [0.15, 0.2) is 48.9 Å². The van der Waals surface area contributed by atoms with Gasteiger partial charge in [0, 0.05) is 54.8 Å². The maximum atomic E-state index is 14.5. The number of nitrogens with one attached hydrogen (secondary N) is 1. The van der Waals surface area contributed by atoms with Crippen LogP contribution in [0.5, 0.6) is 5.75 Å². The van der Waals surface area contributed by atoms with Crippen LogP contribution in [-0.2, 0) is 19.5 Å². The monoisotopic (exact) mass is 431 g/mol. The van der Waals surface area contributed by atoms with Gasteiger partial charge in [0.05, 0.1) is 6.61 Å². The highest BCUT2D eigenvalue weighted by Gasteiger charge is 2.20. The fourth-order valence-corrected chi connectivity index (χ4v) is 4.41. The molecule has 0 bridgehead atoms. The van der Waals surface area contributed by atoms with E-state index in [1.54, 1.807) is 12.3 Å². The quantitative estimate of drug-likeness (QED) is 0.489. The van der Waals surface area contributed by atoms with E-state index in [2.05, 4.69) is 59.4 Å². The molecular weight excluding hydrogens is 405 g/mol. The zero-order valence-electron chi connectivity index (χ0n) is 18.5. The van der Waals surface area contributed by atoms with Gasteiger partial charge in [-0.15, -0.1) is 0 Å². The second-order valence-corrected chi connectivity index (χ2v) is 8.46. The van der Waals surface area contributed by atoms with Gasteiger partial charge < -0.3 is 15.0 Å². The number of halogens is 1. The van der Waals surface area contributed by atoms with Crippen molar-refractivity contribution in [2.75, 3.05) is 26.0 Å². The number of ether oxygens (including phenoxy) is 1. The van der Waals surface area contributed by atoms with Gasteiger partial charge >= 0.3 is 0 Å². The van der Waals surface area contributed by atoms with Crippen LogP contribution in [0.1, 0.15) is 22.3 Å². The molecule has 7 heteroatoms. The second-order valence-electron chi connectivity index (χ2n) is 8.46. The average molecular weight is 432 g/mol. The van der Waals surface area contributed by atoms with Crippen LogP contribution in [0.4, 0.5) is 10.3 Å². The maximum absolute atomic E-state index is 14.5. The van der Waals surface area contributed by atoms with E-state index in [1.807, 2.05) is 16.8 Å². The number of nitrogens with zero attached hydrogens (tertiary/aromatic N) is 4. The fraction of sp³-hybridized carbons (Fsp3) is 0.280. The van der Waals surface area contributed by atoms with Gasteiger partial charge in [0.2, 0.25) is 5.95 Å². The standard InChI is InChI=1S/C25H26FN5O/c1-16-12-17(15-30(2)3)4-5-18(16)21-14-29-25(31-10-9-27-24(21)31)28-13-20-19-8-11-32-23(19)7-6-22(20)26/h4-7,9-10,12,14H,8,11,13,15H2,1-3H3,(H,28,29). The summed E-state index contributed by atoms with van der Waals surface area (Å²) in [6.07, 6.45) is 6.20. The molecule has 0 spiro atoms. The Morgan fingerprint density at radius 1 is 1.16 bits per heavy atom. The minimum absolute atomic E-state index is 0.228. The van der Waals surface area contributed by atoms with Crippen LogP contribution in [0.3, 0.4) is 0 Å². The predicted octanol–water partition coefficient (Wildman–Crippen LogP) is 4.45. The Morgan fingerprint density at radius 2 is 2.03 bits per heavy atom. The van der Waals surface area contributed by atoms with Crippen molar-refractivity contribution in [2.24, 2.45) is 0 Å². The minimum Gasteiger partial charge on any atom is -0.493 e. The lowest BCUT2D eigenvalue weighted by Gasteiger charge is -2.15. The van der Waals surface area contributed by atoms with Gasteiger partial charge in [-0.2, -0.15) is 0 Å². The number of aryl methyl sites for hydroxylation is 1. The minimum atomic E-state index is -0.228. The predicted molar refractivity (Wildman–Crippen MR) is 123 cm³/mol. The van der Waals surface area contributed by atoms with Crippen molar-refractivity contribution in [2.45, 2.75) is 26.4 Å². The molecule has 2 aromatic heterocycles. The highest BCUT2D eigenvalue weighted by molar-refractivity contribution is 5.80. The summed E-state index contributed by atoms with van der Waals surface area (Å²) in [5, 5.41) is 3.30. The smallest absolute Gasteiger partial charge is 0.208 e. The highest BCUT2D eigenvalue weighted by Crippen LogP contribution is 2.32. The number of rotatable bonds is 6. The molecule has 0 fully saturated rings. The Bertz CT molecular complexity index is 1300. The van der Waals surface area contributed by atoms with Gasteiger partial charge in [0.15, 0.2) is 0 Å². The van der Waals surface area contributed by atoms with Crippen molar-refractivity contribution < 1.29 is 9.13 Å². The third kappa shape index (κ3) is 3.69. The van der Waals surface area contributed by atoms with Crippen molar-refractivity contribution in [1.29, 1.82) is 0 Å². The topological polar surface area (TPSA) is 54.7 Å². The van der Waals surface area contributed by atoms with Crippen molar-refractivity contribution in [3.63, 3.8) is 0 Å². The summed E-state index contributed by atoms with van der Waals surface area (Å²) in [6, 6.07) is 9.66. The Labute approximate surface area is 186 Å². The second kappa shape index (κ2) is 8.24. The Hall–Kier alpha value is -3.45. The fourth-order valence-electron chi connectivity index (χ4n) is 4.41. The number of imidazole rings is 1. The molecule has 0 saturated heterocycles. The lowest BCUT2D eigenvalue weighted by molar-refractivity contribution is 0.356. The molecule has 1 aliphatic rings. The first-order chi connectivity index (χ1) is 15.5.